The monoisotopic (exact) mass is 349 g/mol. The van der Waals surface area contributed by atoms with Crippen molar-refractivity contribution in [3.63, 3.8) is 0 Å². The Hall–Kier alpha value is -3.25. The Balaban J connectivity index is 1.70. The van der Waals surface area contributed by atoms with Gasteiger partial charge in [-0.25, -0.2) is 0 Å². The lowest BCUT2D eigenvalue weighted by Crippen LogP contribution is -2.18. The molecule has 0 amide bonds. The number of rotatable bonds is 6. The molecule has 1 heterocycles. The minimum Gasteiger partial charge on any atom is -0.508 e. The predicted octanol–water partition coefficient (Wildman–Crippen LogP) is 4.21. The van der Waals surface area contributed by atoms with E-state index in [-0.39, 0.29) is 24.0 Å². The summed E-state index contributed by atoms with van der Waals surface area (Å²) in [5.74, 6) is 0.0155. The number of nitrogens with zero attached hydrogens (tertiary/aromatic N) is 2. The number of phenols is 1. The Morgan fingerprint density at radius 3 is 2.38 bits per heavy atom. The molecule has 0 radical (unpaired) electrons. The average molecular weight is 349 g/mol. The van der Waals surface area contributed by atoms with Crippen molar-refractivity contribution in [2.75, 3.05) is 0 Å². The van der Waals surface area contributed by atoms with E-state index < -0.39 is 4.92 Å². The summed E-state index contributed by atoms with van der Waals surface area (Å²) in [4.78, 5) is 14.7. The third kappa shape index (κ3) is 4.04. The number of nitrogens with one attached hydrogen (secondary N) is 1. The maximum Gasteiger partial charge on any atom is 0.274 e. The van der Waals surface area contributed by atoms with Crippen LogP contribution in [0.1, 0.15) is 24.1 Å². The van der Waals surface area contributed by atoms with Crippen LogP contribution in [-0.4, -0.2) is 15.0 Å². The molecule has 0 fully saturated rings. The molecule has 6 heteroatoms. The number of pyridine rings is 1. The number of phenolic OH excluding ortho intramolecular Hbond substituents is 1. The van der Waals surface area contributed by atoms with E-state index in [1.807, 2.05) is 43.3 Å². The fourth-order valence-electron chi connectivity index (χ4n) is 2.78. The first kappa shape index (κ1) is 17.6. The Morgan fingerprint density at radius 2 is 1.73 bits per heavy atom. The van der Waals surface area contributed by atoms with Gasteiger partial charge in [-0.05, 0) is 47.9 Å². The molecule has 3 rings (SSSR count). The quantitative estimate of drug-likeness (QED) is 0.514. The third-order valence-electron chi connectivity index (χ3n) is 4.28. The van der Waals surface area contributed by atoms with Crippen LogP contribution >= 0.6 is 0 Å². The summed E-state index contributed by atoms with van der Waals surface area (Å²) in [6, 6.07) is 16.1. The molecule has 0 saturated carbocycles. The Labute approximate surface area is 151 Å². The maximum absolute atomic E-state index is 11.1. The highest BCUT2D eigenvalue weighted by Gasteiger charge is 2.15. The van der Waals surface area contributed by atoms with Crippen LogP contribution in [0, 0.1) is 10.1 Å². The molecule has 0 bridgehead atoms. The third-order valence-corrected chi connectivity index (χ3v) is 4.28. The van der Waals surface area contributed by atoms with E-state index in [1.54, 1.807) is 12.4 Å². The highest BCUT2D eigenvalue weighted by atomic mass is 16.6. The highest BCUT2D eigenvalue weighted by Crippen LogP contribution is 2.25. The minimum atomic E-state index is -0.440. The van der Waals surface area contributed by atoms with Crippen LogP contribution in [0.25, 0.3) is 11.1 Å². The molecule has 0 saturated heterocycles. The minimum absolute atomic E-state index is 0.00319. The lowest BCUT2D eigenvalue weighted by molar-refractivity contribution is -0.385. The molecule has 132 valence electrons. The van der Waals surface area contributed by atoms with Gasteiger partial charge in [-0.2, -0.15) is 0 Å². The first-order chi connectivity index (χ1) is 12.5. The van der Waals surface area contributed by atoms with Crippen LogP contribution in [0.2, 0.25) is 0 Å². The van der Waals surface area contributed by atoms with E-state index in [0.29, 0.717) is 5.56 Å². The predicted molar refractivity (Wildman–Crippen MR) is 99.7 cm³/mol. The van der Waals surface area contributed by atoms with Gasteiger partial charge in [0.15, 0.2) is 0 Å². The van der Waals surface area contributed by atoms with Gasteiger partial charge in [-0.3, -0.25) is 15.1 Å². The number of hydrogen-bond acceptors (Lipinski definition) is 5. The van der Waals surface area contributed by atoms with Crippen molar-refractivity contribution in [1.82, 2.24) is 10.3 Å². The molecule has 1 unspecified atom stereocenters. The lowest BCUT2D eigenvalue weighted by atomic mass is 10.0. The fourth-order valence-corrected chi connectivity index (χ4v) is 2.78. The number of benzene rings is 2. The van der Waals surface area contributed by atoms with Gasteiger partial charge in [0.2, 0.25) is 0 Å². The van der Waals surface area contributed by atoms with Crippen molar-refractivity contribution < 1.29 is 10.0 Å². The van der Waals surface area contributed by atoms with Crippen LogP contribution in [0.15, 0.2) is 67.0 Å². The SMILES string of the molecule is CC(NCc1cc(O)ccc1[N+](=O)[O-])c1ccc(-c2ccncc2)cc1. The van der Waals surface area contributed by atoms with E-state index in [4.69, 9.17) is 0 Å². The number of nitro benzene ring substituents is 1. The van der Waals surface area contributed by atoms with E-state index in [1.165, 1.54) is 18.2 Å². The normalized spacial score (nSPS) is 11.9. The largest absolute Gasteiger partial charge is 0.508 e. The molecule has 6 nitrogen and oxygen atoms in total. The van der Waals surface area contributed by atoms with Gasteiger partial charge in [0.25, 0.3) is 5.69 Å². The van der Waals surface area contributed by atoms with Gasteiger partial charge in [0.1, 0.15) is 5.75 Å². The van der Waals surface area contributed by atoms with Crippen LogP contribution in [0.5, 0.6) is 5.75 Å². The van der Waals surface area contributed by atoms with Crippen LogP contribution in [-0.2, 0) is 6.54 Å². The summed E-state index contributed by atoms with van der Waals surface area (Å²) in [6.07, 6.45) is 3.52. The average Bonchev–Trinajstić information content (AvgIpc) is 2.66. The summed E-state index contributed by atoms with van der Waals surface area (Å²) in [5, 5.41) is 24.0. The molecule has 0 aliphatic carbocycles. The fraction of sp³-hybridized carbons (Fsp3) is 0.150. The molecule has 0 aliphatic rings. The van der Waals surface area contributed by atoms with Crippen LogP contribution in [0.4, 0.5) is 5.69 Å². The summed E-state index contributed by atoms with van der Waals surface area (Å²) in [7, 11) is 0. The van der Waals surface area contributed by atoms with Crippen molar-refractivity contribution in [2.45, 2.75) is 19.5 Å². The van der Waals surface area contributed by atoms with Crippen LogP contribution < -0.4 is 5.32 Å². The number of hydrogen-bond donors (Lipinski definition) is 2. The zero-order valence-corrected chi connectivity index (χ0v) is 14.3. The number of aromatic nitrogens is 1. The Bertz CT molecular complexity index is 896. The second kappa shape index (κ2) is 7.76. The van der Waals surface area contributed by atoms with Gasteiger partial charge in [0, 0.05) is 36.6 Å². The zero-order valence-electron chi connectivity index (χ0n) is 14.3. The Kier molecular flexibility index (Phi) is 5.24. The summed E-state index contributed by atoms with van der Waals surface area (Å²) >= 11 is 0. The molecular formula is C20H19N3O3. The first-order valence-corrected chi connectivity index (χ1v) is 8.24. The van der Waals surface area contributed by atoms with Gasteiger partial charge < -0.3 is 10.4 Å². The van der Waals surface area contributed by atoms with Crippen molar-refractivity contribution >= 4 is 5.69 Å². The van der Waals surface area contributed by atoms with Crippen molar-refractivity contribution in [3.8, 4) is 16.9 Å². The molecule has 26 heavy (non-hydrogen) atoms. The lowest BCUT2D eigenvalue weighted by Gasteiger charge is -2.15. The number of nitro groups is 1. The maximum atomic E-state index is 11.1. The molecule has 0 spiro atoms. The number of aromatic hydroxyl groups is 1. The smallest absolute Gasteiger partial charge is 0.274 e. The molecule has 1 aromatic heterocycles. The van der Waals surface area contributed by atoms with E-state index in [0.717, 1.165) is 16.7 Å². The standard InChI is InChI=1S/C20H19N3O3/c1-14(22-13-18-12-19(24)6-7-20(18)23(25)26)15-2-4-16(5-3-15)17-8-10-21-11-9-17/h2-12,14,22,24H,13H2,1H3. The topological polar surface area (TPSA) is 88.3 Å². The second-order valence-corrected chi connectivity index (χ2v) is 6.03. The van der Waals surface area contributed by atoms with E-state index >= 15 is 0 Å². The first-order valence-electron chi connectivity index (χ1n) is 8.24. The van der Waals surface area contributed by atoms with Gasteiger partial charge >= 0.3 is 0 Å². The van der Waals surface area contributed by atoms with Gasteiger partial charge in [0.05, 0.1) is 4.92 Å². The van der Waals surface area contributed by atoms with Gasteiger partial charge in [-0.15, -0.1) is 0 Å². The van der Waals surface area contributed by atoms with E-state index in [2.05, 4.69) is 10.3 Å². The highest BCUT2D eigenvalue weighted by molar-refractivity contribution is 5.63. The molecule has 1 atom stereocenters. The van der Waals surface area contributed by atoms with Crippen molar-refractivity contribution in [2.24, 2.45) is 0 Å². The van der Waals surface area contributed by atoms with Gasteiger partial charge in [-0.1, -0.05) is 24.3 Å². The molecule has 2 aromatic carbocycles. The summed E-state index contributed by atoms with van der Waals surface area (Å²) in [6.45, 7) is 2.29. The summed E-state index contributed by atoms with van der Waals surface area (Å²) in [5.41, 5.74) is 3.73. The summed E-state index contributed by atoms with van der Waals surface area (Å²) < 4.78 is 0. The second-order valence-electron chi connectivity index (χ2n) is 6.03. The molecular weight excluding hydrogens is 330 g/mol. The molecule has 0 aliphatic heterocycles. The van der Waals surface area contributed by atoms with Crippen molar-refractivity contribution in [3.05, 3.63) is 88.2 Å². The van der Waals surface area contributed by atoms with Crippen LogP contribution in [0.3, 0.4) is 0 Å². The Morgan fingerprint density at radius 1 is 1.08 bits per heavy atom. The van der Waals surface area contributed by atoms with Crippen molar-refractivity contribution in [1.29, 1.82) is 0 Å². The molecule has 2 N–H and O–H groups in total. The zero-order chi connectivity index (χ0) is 18.5. The van der Waals surface area contributed by atoms with E-state index in [9.17, 15) is 15.2 Å². The molecule has 3 aromatic rings.